The summed E-state index contributed by atoms with van der Waals surface area (Å²) in [6.07, 6.45) is 0.957. The van der Waals surface area contributed by atoms with Crippen LogP contribution >= 0.6 is 22.9 Å². The number of nitrogens with one attached hydrogen (secondary N) is 1. The van der Waals surface area contributed by atoms with E-state index >= 15 is 0 Å². The van der Waals surface area contributed by atoms with Crippen molar-refractivity contribution in [2.45, 2.75) is 18.4 Å². The molecule has 0 saturated heterocycles. The summed E-state index contributed by atoms with van der Waals surface area (Å²) in [4.78, 5) is 13.1. The number of halogens is 1. The van der Waals surface area contributed by atoms with Crippen molar-refractivity contribution in [3.05, 3.63) is 56.7 Å². The maximum Gasteiger partial charge on any atom is 0.312 e. The molecule has 2 heterocycles. The molecule has 0 aliphatic carbocycles. The third-order valence-corrected chi connectivity index (χ3v) is 5.01. The van der Waals surface area contributed by atoms with E-state index in [1.807, 2.05) is 23.6 Å². The number of benzene rings is 1. The van der Waals surface area contributed by atoms with Gasteiger partial charge in [-0.15, -0.1) is 11.3 Å². The molecule has 1 aromatic heterocycles. The van der Waals surface area contributed by atoms with Crippen LogP contribution in [0, 0.1) is 0 Å². The van der Waals surface area contributed by atoms with Gasteiger partial charge in [0.25, 0.3) is 0 Å². The molecular weight excluding hydrogens is 294 g/mol. The second kappa shape index (κ2) is 5.56. The SMILES string of the molecule is O=C(O)C(c1ccccc1Cl)[C@H]1NCCc2sccc21. The standard InChI is InChI=1S/C15H14ClNO2S/c16-11-4-2-1-3-9(11)13(15(18)19)14-10-6-8-20-12(10)5-7-17-14/h1-4,6,8,13-14,17H,5,7H2,(H,18,19)/t13?,14-/m0/s1. The van der Waals surface area contributed by atoms with Crippen LogP contribution in [-0.2, 0) is 11.2 Å². The minimum atomic E-state index is -0.852. The van der Waals surface area contributed by atoms with Crippen molar-refractivity contribution in [1.82, 2.24) is 5.32 Å². The van der Waals surface area contributed by atoms with Crippen molar-refractivity contribution in [2.75, 3.05) is 6.54 Å². The molecule has 3 rings (SSSR count). The highest BCUT2D eigenvalue weighted by Gasteiger charge is 2.35. The molecule has 2 atom stereocenters. The molecular formula is C15H14ClNO2S. The highest BCUT2D eigenvalue weighted by atomic mass is 35.5. The van der Waals surface area contributed by atoms with Gasteiger partial charge in [0.05, 0.1) is 6.04 Å². The molecule has 1 aliphatic rings. The van der Waals surface area contributed by atoms with E-state index in [1.165, 1.54) is 4.88 Å². The Labute approximate surface area is 126 Å². The van der Waals surface area contributed by atoms with E-state index in [-0.39, 0.29) is 6.04 Å². The molecule has 20 heavy (non-hydrogen) atoms. The molecule has 0 amide bonds. The predicted octanol–water partition coefficient (Wildman–Crippen LogP) is 3.46. The minimum Gasteiger partial charge on any atom is -0.481 e. The Morgan fingerprint density at radius 2 is 2.20 bits per heavy atom. The number of rotatable bonds is 3. The van der Waals surface area contributed by atoms with Crippen molar-refractivity contribution in [1.29, 1.82) is 0 Å². The summed E-state index contributed by atoms with van der Waals surface area (Å²) in [5.74, 6) is -1.52. The van der Waals surface area contributed by atoms with E-state index in [9.17, 15) is 9.90 Å². The van der Waals surface area contributed by atoms with Crippen LogP contribution in [-0.4, -0.2) is 17.6 Å². The summed E-state index contributed by atoms with van der Waals surface area (Å²) >= 11 is 7.89. The van der Waals surface area contributed by atoms with E-state index in [1.54, 1.807) is 23.5 Å². The van der Waals surface area contributed by atoms with Crippen LogP contribution in [0.5, 0.6) is 0 Å². The summed E-state index contributed by atoms with van der Waals surface area (Å²) in [5.41, 5.74) is 1.76. The lowest BCUT2D eigenvalue weighted by atomic mass is 9.85. The van der Waals surface area contributed by atoms with Gasteiger partial charge in [-0.25, -0.2) is 0 Å². The molecule has 1 aromatic carbocycles. The molecule has 5 heteroatoms. The van der Waals surface area contributed by atoms with Crippen LogP contribution in [0.3, 0.4) is 0 Å². The number of hydrogen-bond acceptors (Lipinski definition) is 3. The Kier molecular flexibility index (Phi) is 3.78. The van der Waals surface area contributed by atoms with Crippen molar-refractivity contribution in [3.8, 4) is 0 Å². The second-order valence-corrected chi connectivity index (χ2v) is 6.23. The van der Waals surface area contributed by atoms with Gasteiger partial charge in [0.2, 0.25) is 0 Å². The first-order valence-electron chi connectivity index (χ1n) is 6.45. The van der Waals surface area contributed by atoms with Gasteiger partial charge in [-0.2, -0.15) is 0 Å². The summed E-state index contributed by atoms with van der Waals surface area (Å²) in [6, 6.07) is 8.98. The van der Waals surface area contributed by atoms with Gasteiger partial charge in [0.15, 0.2) is 0 Å². The molecule has 0 bridgehead atoms. The van der Waals surface area contributed by atoms with E-state index < -0.39 is 11.9 Å². The van der Waals surface area contributed by atoms with Gasteiger partial charge >= 0.3 is 5.97 Å². The van der Waals surface area contributed by atoms with Crippen LogP contribution in [0.2, 0.25) is 5.02 Å². The van der Waals surface area contributed by atoms with Crippen LogP contribution in [0.15, 0.2) is 35.7 Å². The van der Waals surface area contributed by atoms with Gasteiger partial charge in [-0.05, 0) is 35.1 Å². The summed E-state index contributed by atoms with van der Waals surface area (Å²) in [6.45, 7) is 0.798. The smallest absolute Gasteiger partial charge is 0.312 e. The number of thiophene rings is 1. The largest absolute Gasteiger partial charge is 0.481 e. The fraction of sp³-hybridized carbons (Fsp3) is 0.267. The lowest BCUT2D eigenvalue weighted by Crippen LogP contribution is -2.36. The first kappa shape index (κ1) is 13.6. The van der Waals surface area contributed by atoms with E-state index in [0.717, 1.165) is 18.5 Å². The number of carboxylic acid groups (broad SMARTS) is 1. The molecule has 0 saturated carbocycles. The zero-order chi connectivity index (χ0) is 14.1. The summed E-state index contributed by atoms with van der Waals surface area (Å²) in [7, 11) is 0. The zero-order valence-electron chi connectivity index (χ0n) is 10.7. The quantitative estimate of drug-likeness (QED) is 0.913. The molecule has 0 spiro atoms. The molecule has 0 radical (unpaired) electrons. The van der Waals surface area contributed by atoms with Gasteiger partial charge < -0.3 is 10.4 Å². The Bertz CT molecular complexity index is 640. The number of carbonyl (C=O) groups is 1. The van der Waals surface area contributed by atoms with Gasteiger partial charge in [-0.1, -0.05) is 29.8 Å². The molecule has 3 nitrogen and oxygen atoms in total. The fourth-order valence-corrected chi connectivity index (χ4v) is 3.95. The van der Waals surface area contributed by atoms with Crippen molar-refractivity contribution < 1.29 is 9.90 Å². The molecule has 2 aromatic rings. The Morgan fingerprint density at radius 1 is 1.40 bits per heavy atom. The third kappa shape index (κ3) is 2.35. The fourth-order valence-electron chi connectivity index (χ4n) is 2.76. The number of hydrogen-bond donors (Lipinski definition) is 2. The molecule has 1 aliphatic heterocycles. The molecule has 2 N–H and O–H groups in total. The molecule has 104 valence electrons. The predicted molar refractivity (Wildman–Crippen MR) is 80.6 cm³/mol. The summed E-state index contributed by atoms with van der Waals surface area (Å²) < 4.78 is 0. The third-order valence-electron chi connectivity index (χ3n) is 3.67. The maximum atomic E-state index is 11.8. The molecule has 0 fully saturated rings. The lowest BCUT2D eigenvalue weighted by Gasteiger charge is -2.30. The van der Waals surface area contributed by atoms with Gasteiger partial charge in [0, 0.05) is 16.4 Å². The molecule has 1 unspecified atom stereocenters. The van der Waals surface area contributed by atoms with Crippen LogP contribution in [0.25, 0.3) is 0 Å². The minimum absolute atomic E-state index is 0.220. The lowest BCUT2D eigenvalue weighted by molar-refractivity contribution is -0.139. The normalized spacial score (nSPS) is 19.4. The van der Waals surface area contributed by atoms with Crippen molar-refractivity contribution in [3.63, 3.8) is 0 Å². The maximum absolute atomic E-state index is 11.8. The number of carboxylic acids is 1. The topological polar surface area (TPSA) is 49.3 Å². The van der Waals surface area contributed by atoms with Gasteiger partial charge in [0.1, 0.15) is 5.92 Å². The van der Waals surface area contributed by atoms with Crippen LogP contribution in [0.1, 0.15) is 28.0 Å². The Balaban J connectivity index is 2.06. The second-order valence-electron chi connectivity index (χ2n) is 4.82. The van der Waals surface area contributed by atoms with E-state index in [2.05, 4.69) is 5.32 Å². The number of fused-ring (bicyclic) bond motifs is 1. The van der Waals surface area contributed by atoms with E-state index in [0.29, 0.717) is 10.6 Å². The monoisotopic (exact) mass is 307 g/mol. The highest BCUT2D eigenvalue weighted by molar-refractivity contribution is 7.10. The van der Waals surface area contributed by atoms with E-state index in [4.69, 9.17) is 11.6 Å². The van der Waals surface area contributed by atoms with Crippen molar-refractivity contribution in [2.24, 2.45) is 0 Å². The van der Waals surface area contributed by atoms with Gasteiger partial charge in [-0.3, -0.25) is 4.79 Å². The zero-order valence-corrected chi connectivity index (χ0v) is 12.2. The summed E-state index contributed by atoms with van der Waals surface area (Å²) in [5, 5.41) is 15.5. The first-order valence-corrected chi connectivity index (χ1v) is 7.71. The average molecular weight is 308 g/mol. The average Bonchev–Trinajstić information content (AvgIpc) is 2.90. The van der Waals surface area contributed by atoms with Crippen LogP contribution < -0.4 is 5.32 Å². The van der Waals surface area contributed by atoms with Crippen molar-refractivity contribution >= 4 is 28.9 Å². The number of aliphatic carboxylic acids is 1. The Morgan fingerprint density at radius 3 is 2.95 bits per heavy atom. The highest BCUT2D eigenvalue weighted by Crippen LogP contribution is 2.39. The Hall–Kier alpha value is -1.36. The van der Waals surface area contributed by atoms with Crippen LogP contribution in [0.4, 0.5) is 0 Å². The first-order chi connectivity index (χ1) is 9.68.